The molecule has 1 aliphatic rings. The van der Waals surface area contributed by atoms with Crippen molar-refractivity contribution in [2.24, 2.45) is 0 Å². The number of thiophene rings is 1. The van der Waals surface area contributed by atoms with Crippen LogP contribution in [0.5, 0.6) is 0 Å². The fraction of sp³-hybridized carbons (Fsp3) is 0.615. The molecule has 1 aromatic rings. The molecule has 1 aromatic heterocycles. The van der Waals surface area contributed by atoms with Crippen molar-refractivity contribution in [3.63, 3.8) is 0 Å². The lowest BCUT2D eigenvalue weighted by Gasteiger charge is -2.17. The number of carbonyl (C=O) groups is 1. The van der Waals surface area contributed by atoms with E-state index in [1.807, 2.05) is 11.4 Å². The van der Waals surface area contributed by atoms with Gasteiger partial charge in [-0.05, 0) is 30.8 Å². The number of alkyl carbamates (subject to hydrolysis) is 1. The van der Waals surface area contributed by atoms with Crippen molar-refractivity contribution < 1.29 is 9.53 Å². The summed E-state index contributed by atoms with van der Waals surface area (Å²) in [6, 6.07) is 4.06. The highest BCUT2D eigenvalue weighted by atomic mass is 32.1. The maximum Gasteiger partial charge on any atom is 0.408 e. The molecule has 2 N–H and O–H groups in total. The maximum absolute atomic E-state index is 11.6. The van der Waals surface area contributed by atoms with Crippen molar-refractivity contribution >= 4 is 17.4 Å². The SMILES string of the molecule is O=C(NC1CCCCCN1)OCCc1cccs1. The summed E-state index contributed by atoms with van der Waals surface area (Å²) >= 11 is 1.69. The number of carbonyl (C=O) groups excluding carboxylic acids is 1. The Bertz CT molecular complexity index is 346. The monoisotopic (exact) mass is 268 g/mol. The summed E-state index contributed by atoms with van der Waals surface area (Å²) in [6.45, 7) is 1.42. The number of hydrogen-bond donors (Lipinski definition) is 2. The van der Waals surface area contributed by atoms with Gasteiger partial charge in [-0.2, -0.15) is 0 Å². The fourth-order valence-electron chi connectivity index (χ4n) is 2.03. The average Bonchev–Trinajstić information content (AvgIpc) is 2.74. The zero-order chi connectivity index (χ0) is 12.6. The van der Waals surface area contributed by atoms with Gasteiger partial charge in [0, 0.05) is 11.3 Å². The summed E-state index contributed by atoms with van der Waals surface area (Å²) in [5, 5.41) is 8.21. The molecule has 1 saturated heterocycles. The summed E-state index contributed by atoms with van der Waals surface area (Å²) < 4.78 is 5.18. The molecular weight excluding hydrogens is 248 g/mol. The van der Waals surface area contributed by atoms with Crippen LogP contribution < -0.4 is 10.6 Å². The van der Waals surface area contributed by atoms with Gasteiger partial charge in [0.1, 0.15) is 0 Å². The first-order chi connectivity index (χ1) is 8.84. The second kappa shape index (κ2) is 7.38. The molecule has 1 unspecified atom stereocenters. The molecule has 1 fully saturated rings. The topological polar surface area (TPSA) is 50.4 Å². The van der Waals surface area contributed by atoms with Gasteiger partial charge in [0.25, 0.3) is 0 Å². The Hall–Kier alpha value is -1.07. The van der Waals surface area contributed by atoms with E-state index < -0.39 is 0 Å². The van der Waals surface area contributed by atoms with Crippen LogP contribution in [0.2, 0.25) is 0 Å². The predicted molar refractivity (Wildman–Crippen MR) is 72.8 cm³/mol. The van der Waals surface area contributed by atoms with Crippen molar-refractivity contribution in [3.8, 4) is 0 Å². The van der Waals surface area contributed by atoms with E-state index in [0.717, 1.165) is 25.8 Å². The van der Waals surface area contributed by atoms with Gasteiger partial charge in [0.05, 0.1) is 12.8 Å². The van der Waals surface area contributed by atoms with Crippen LogP contribution in [0.25, 0.3) is 0 Å². The number of hydrogen-bond acceptors (Lipinski definition) is 4. The van der Waals surface area contributed by atoms with Gasteiger partial charge in [0.2, 0.25) is 0 Å². The van der Waals surface area contributed by atoms with Crippen LogP contribution in [0.15, 0.2) is 17.5 Å². The minimum atomic E-state index is -0.314. The number of amides is 1. The van der Waals surface area contributed by atoms with Crippen LogP contribution in [0, 0.1) is 0 Å². The standard InChI is InChI=1S/C13H20N2O2S/c16-13(15-12-6-2-1-3-8-14-12)17-9-7-11-5-4-10-18-11/h4-5,10,12,14H,1-3,6-9H2,(H,15,16). The van der Waals surface area contributed by atoms with E-state index in [0.29, 0.717) is 6.61 Å². The summed E-state index contributed by atoms with van der Waals surface area (Å²) in [4.78, 5) is 12.8. The minimum Gasteiger partial charge on any atom is -0.449 e. The molecule has 5 heteroatoms. The van der Waals surface area contributed by atoms with Gasteiger partial charge in [-0.15, -0.1) is 11.3 Å². The summed E-state index contributed by atoms with van der Waals surface area (Å²) in [5.74, 6) is 0. The van der Waals surface area contributed by atoms with Gasteiger partial charge in [-0.3, -0.25) is 5.32 Å². The highest BCUT2D eigenvalue weighted by Gasteiger charge is 2.14. The van der Waals surface area contributed by atoms with E-state index in [9.17, 15) is 4.79 Å². The van der Waals surface area contributed by atoms with Gasteiger partial charge >= 0.3 is 6.09 Å². The Morgan fingerprint density at radius 3 is 3.28 bits per heavy atom. The van der Waals surface area contributed by atoms with Gasteiger partial charge in [-0.25, -0.2) is 4.79 Å². The molecule has 0 saturated carbocycles. The van der Waals surface area contributed by atoms with E-state index in [2.05, 4.69) is 16.7 Å². The van der Waals surface area contributed by atoms with Gasteiger partial charge in [-0.1, -0.05) is 18.9 Å². The quantitative estimate of drug-likeness (QED) is 0.882. The second-order valence-electron chi connectivity index (χ2n) is 4.47. The first kappa shape index (κ1) is 13.4. The van der Waals surface area contributed by atoms with E-state index in [1.54, 1.807) is 11.3 Å². The molecule has 1 atom stereocenters. The second-order valence-corrected chi connectivity index (χ2v) is 5.50. The minimum absolute atomic E-state index is 0.0711. The van der Waals surface area contributed by atoms with E-state index >= 15 is 0 Å². The van der Waals surface area contributed by atoms with E-state index in [-0.39, 0.29) is 12.3 Å². The van der Waals surface area contributed by atoms with Crippen LogP contribution in [-0.4, -0.2) is 25.4 Å². The van der Waals surface area contributed by atoms with Crippen molar-refractivity contribution in [2.45, 2.75) is 38.3 Å². The molecule has 0 bridgehead atoms. The van der Waals surface area contributed by atoms with Crippen LogP contribution in [0.1, 0.15) is 30.6 Å². The Balaban J connectivity index is 1.62. The smallest absolute Gasteiger partial charge is 0.408 e. The zero-order valence-electron chi connectivity index (χ0n) is 10.5. The lowest BCUT2D eigenvalue weighted by atomic mass is 10.2. The first-order valence-electron chi connectivity index (χ1n) is 6.53. The van der Waals surface area contributed by atoms with Crippen LogP contribution in [0.3, 0.4) is 0 Å². The molecule has 1 aliphatic heterocycles. The summed E-state index contributed by atoms with van der Waals surface area (Å²) in [5.41, 5.74) is 0. The molecule has 2 heterocycles. The largest absolute Gasteiger partial charge is 0.449 e. The average molecular weight is 268 g/mol. The Kier molecular flexibility index (Phi) is 5.48. The van der Waals surface area contributed by atoms with Crippen LogP contribution >= 0.6 is 11.3 Å². The van der Waals surface area contributed by atoms with Crippen molar-refractivity contribution in [2.75, 3.05) is 13.2 Å². The lowest BCUT2D eigenvalue weighted by molar-refractivity contribution is 0.141. The Labute approximate surface area is 112 Å². The molecule has 18 heavy (non-hydrogen) atoms. The molecule has 0 aliphatic carbocycles. The van der Waals surface area contributed by atoms with Gasteiger partial charge in [0.15, 0.2) is 0 Å². The van der Waals surface area contributed by atoms with Crippen molar-refractivity contribution in [1.29, 1.82) is 0 Å². The molecule has 0 aromatic carbocycles. The third kappa shape index (κ3) is 4.66. The molecule has 100 valence electrons. The van der Waals surface area contributed by atoms with Gasteiger partial charge < -0.3 is 10.1 Å². The zero-order valence-corrected chi connectivity index (χ0v) is 11.3. The van der Waals surface area contributed by atoms with E-state index in [4.69, 9.17) is 4.74 Å². The highest BCUT2D eigenvalue weighted by Crippen LogP contribution is 2.09. The molecule has 4 nitrogen and oxygen atoms in total. The Morgan fingerprint density at radius 1 is 1.50 bits per heavy atom. The molecule has 0 spiro atoms. The highest BCUT2D eigenvalue weighted by molar-refractivity contribution is 7.09. The molecule has 1 amide bonds. The third-order valence-electron chi connectivity index (χ3n) is 3.01. The molecular formula is C13H20N2O2S. The van der Waals surface area contributed by atoms with E-state index in [1.165, 1.54) is 17.7 Å². The Morgan fingerprint density at radius 2 is 2.44 bits per heavy atom. The normalized spacial score (nSPS) is 20.1. The third-order valence-corrected chi connectivity index (χ3v) is 3.95. The lowest BCUT2D eigenvalue weighted by Crippen LogP contribution is -2.45. The van der Waals surface area contributed by atoms with Crippen LogP contribution in [-0.2, 0) is 11.2 Å². The molecule has 2 rings (SSSR count). The van der Waals surface area contributed by atoms with Crippen molar-refractivity contribution in [3.05, 3.63) is 22.4 Å². The van der Waals surface area contributed by atoms with Crippen LogP contribution in [0.4, 0.5) is 4.79 Å². The molecule has 0 radical (unpaired) electrons. The maximum atomic E-state index is 11.6. The number of ether oxygens (including phenoxy) is 1. The first-order valence-corrected chi connectivity index (χ1v) is 7.41. The van der Waals surface area contributed by atoms with Crippen molar-refractivity contribution in [1.82, 2.24) is 10.6 Å². The predicted octanol–water partition coefficient (Wildman–Crippen LogP) is 2.51. The summed E-state index contributed by atoms with van der Waals surface area (Å²) in [6.07, 6.45) is 5.12. The summed E-state index contributed by atoms with van der Waals surface area (Å²) in [7, 11) is 0. The fourth-order valence-corrected chi connectivity index (χ4v) is 2.73. The number of nitrogens with one attached hydrogen (secondary N) is 2. The number of rotatable bonds is 4.